The van der Waals surface area contributed by atoms with E-state index in [-0.39, 0.29) is 0 Å². The molecule has 0 radical (unpaired) electrons. The predicted octanol–water partition coefficient (Wildman–Crippen LogP) is 4.34. The van der Waals surface area contributed by atoms with Crippen LogP contribution >= 0.6 is 0 Å². The number of likely N-dealkylation sites (tertiary alicyclic amines) is 1. The maximum absolute atomic E-state index is 6.21. The maximum Gasteiger partial charge on any atom is 0.0603 e. The Morgan fingerprint density at radius 2 is 1.68 bits per heavy atom. The topological polar surface area (TPSA) is 12.5 Å². The summed E-state index contributed by atoms with van der Waals surface area (Å²) in [5, 5.41) is 0. The summed E-state index contributed by atoms with van der Waals surface area (Å²) < 4.78 is 6.21. The zero-order valence-corrected chi connectivity index (χ0v) is 13.8. The number of piperidine rings is 1. The van der Waals surface area contributed by atoms with Crippen molar-refractivity contribution in [2.24, 2.45) is 11.8 Å². The van der Waals surface area contributed by atoms with Crippen LogP contribution in [0.2, 0.25) is 0 Å². The highest BCUT2D eigenvalue weighted by molar-refractivity contribution is 4.74. The number of rotatable bonds is 8. The first-order valence-electron chi connectivity index (χ1n) is 8.39. The monoisotopic (exact) mass is 269 g/mol. The molecule has 1 rings (SSSR count). The molecule has 1 unspecified atom stereocenters. The fraction of sp³-hybridized carbons (Fsp3) is 1.00. The van der Waals surface area contributed by atoms with Crippen molar-refractivity contribution in [2.45, 2.75) is 78.9 Å². The molecule has 114 valence electrons. The summed E-state index contributed by atoms with van der Waals surface area (Å²) in [6, 6.07) is 0. The molecular weight excluding hydrogens is 234 g/mol. The Hall–Kier alpha value is -0.0800. The molecule has 2 heteroatoms. The fourth-order valence-electron chi connectivity index (χ4n) is 2.86. The molecule has 1 saturated heterocycles. The molecule has 1 fully saturated rings. The number of nitrogens with zero attached hydrogens (tertiary/aromatic N) is 1. The molecule has 0 amide bonds. The molecule has 0 aromatic heterocycles. The van der Waals surface area contributed by atoms with Crippen molar-refractivity contribution in [3.8, 4) is 0 Å². The van der Waals surface area contributed by atoms with E-state index in [0.717, 1.165) is 11.8 Å². The van der Waals surface area contributed by atoms with Crippen molar-refractivity contribution in [3.63, 3.8) is 0 Å². The van der Waals surface area contributed by atoms with Crippen molar-refractivity contribution in [1.29, 1.82) is 0 Å². The standard InChI is InChI=1S/C17H35NO/c1-6-15(4)7-8-16(5)19-17-9-11-18(12-10-17)13-14(2)3/h14-17H,6-13H2,1-5H3/t15?,16-/m1/s1. The van der Waals surface area contributed by atoms with Crippen LogP contribution in [0.25, 0.3) is 0 Å². The number of hydrogen-bond acceptors (Lipinski definition) is 2. The summed E-state index contributed by atoms with van der Waals surface area (Å²) in [6.45, 7) is 15.2. The van der Waals surface area contributed by atoms with Gasteiger partial charge in [-0.3, -0.25) is 0 Å². The van der Waals surface area contributed by atoms with Crippen LogP contribution in [0.4, 0.5) is 0 Å². The molecule has 19 heavy (non-hydrogen) atoms. The average Bonchev–Trinajstić information content (AvgIpc) is 2.37. The quantitative estimate of drug-likeness (QED) is 0.650. The van der Waals surface area contributed by atoms with Crippen LogP contribution < -0.4 is 0 Å². The van der Waals surface area contributed by atoms with E-state index >= 15 is 0 Å². The van der Waals surface area contributed by atoms with Crippen LogP contribution in [0.15, 0.2) is 0 Å². The van der Waals surface area contributed by atoms with Gasteiger partial charge in [0.1, 0.15) is 0 Å². The van der Waals surface area contributed by atoms with Gasteiger partial charge in [0, 0.05) is 19.6 Å². The summed E-state index contributed by atoms with van der Waals surface area (Å²) in [6.07, 6.45) is 7.22. The van der Waals surface area contributed by atoms with Crippen molar-refractivity contribution in [3.05, 3.63) is 0 Å². The summed E-state index contributed by atoms with van der Waals surface area (Å²) in [7, 11) is 0. The zero-order valence-electron chi connectivity index (χ0n) is 13.8. The minimum atomic E-state index is 0.440. The van der Waals surface area contributed by atoms with Crippen molar-refractivity contribution in [1.82, 2.24) is 4.90 Å². The van der Waals surface area contributed by atoms with E-state index in [1.54, 1.807) is 0 Å². The molecule has 2 nitrogen and oxygen atoms in total. The second kappa shape index (κ2) is 8.97. The second-order valence-electron chi connectivity index (χ2n) is 6.93. The van der Waals surface area contributed by atoms with Crippen LogP contribution in [0.1, 0.15) is 66.7 Å². The lowest BCUT2D eigenvalue weighted by Gasteiger charge is -2.34. The highest BCUT2D eigenvalue weighted by Gasteiger charge is 2.21. The third-order valence-corrected chi connectivity index (χ3v) is 4.35. The molecule has 0 spiro atoms. The van der Waals surface area contributed by atoms with Gasteiger partial charge < -0.3 is 9.64 Å². The normalized spacial score (nSPS) is 21.8. The molecule has 1 aliphatic rings. The SMILES string of the molecule is CCC(C)CC[C@@H](C)OC1CCN(CC(C)C)CC1. The van der Waals surface area contributed by atoms with E-state index in [1.807, 2.05) is 0 Å². The van der Waals surface area contributed by atoms with Gasteiger partial charge in [0.25, 0.3) is 0 Å². The van der Waals surface area contributed by atoms with Crippen LogP contribution in [-0.4, -0.2) is 36.7 Å². The lowest BCUT2D eigenvalue weighted by Crippen LogP contribution is -2.39. The summed E-state index contributed by atoms with van der Waals surface area (Å²) in [5.74, 6) is 1.63. The third kappa shape index (κ3) is 7.31. The smallest absolute Gasteiger partial charge is 0.0603 e. The Morgan fingerprint density at radius 1 is 1.05 bits per heavy atom. The number of hydrogen-bond donors (Lipinski definition) is 0. The van der Waals surface area contributed by atoms with E-state index in [2.05, 4.69) is 39.5 Å². The van der Waals surface area contributed by atoms with E-state index in [1.165, 1.54) is 51.7 Å². The first kappa shape index (κ1) is 17.0. The van der Waals surface area contributed by atoms with Crippen LogP contribution in [0.3, 0.4) is 0 Å². The maximum atomic E-state index is 6.21. The molecule has 0 bridgehead atoms. The van der Waals surface area contributed by atoms with Gasteiger partial charge in [0.15, 0.2) is 0 Å². The van der Waals surface area contributed by atoms with Gasteiger partial charge in [0.05, 0.1) is 12.2 Å². The van der Waals surface area contributed by atoms with Crippen molar-refractivity contribution < 1.29 is 4.74 Å². The third-order valence-electron chi connectivity index (χ3n) is 4.35. The van der Waals surface area contributed by atoms with Crippen molar-refractivity contribution >= 4 is 0 Å². The summed E-state index contributed by atoms with van der Waals surface area (Å²) in [5.41, 5.74) is 0. The minimum Gasteiger partial charge on any atom is -0.375 e. The molecule has 0 aromatic carbocycles. The lowest BCUT2D eigenvalue weighted by atomic mass is 10.0. The van der Waals surface area contributed by atoms with Crippen LogP contribution in [0.5, 0.6) is 0 Å². The number of ether oxygens (including phenoxy) is 1. The highest BCUT2D eigenvalue weighted by Crippen LogP contribution is 2.19. The van der Waals surface area contributed by atoms with Gasteiger partial charge in [0.2, 0.25) is 0 Å². The molecule has 0 N–H and O–H groups in total. The largest absolute Gasteiger partial charge is 0.375 e. The van der Waals surface area contributed by atoms with Gasteiger partial charge in [-0.25, -0.2) is 0 Å². The Bertz CT molecular complexity index is 221. The van der Waals surface area contributed by atoms with Gasteiger partial charge in [-0.1, -0.05) is 34.1 Å². The molecule has 0 aliphatic carbocycles. The summed E-state index contributed by atoms with van der Waals surface area (Å²) >= 11 is 0. The Morgan fingerprint density at radius 3 is 2.21 bits per heavy atom. The van der Waals surface area contributed by atoms with E-state index in [4.69, 9.17) is 4.74 Å². The molecular formula is C17H35NO. The van der Waals surface area contributed by atoms with Gasteiger partial charge in [-0.15, -0.1) is 0 Å². The summed E-state index contributed by atoms with van der Waals surface area (Å²) in [4.78, 5) is 2.59. The Kier molecular flexibility index (Phi) is 8.01. The molecule has 1 heterocycles. The second-order valence-corrected chi connectivity index (χ2v) is 6.93. The Balaban J connectivity index is 2.14. The Labute approximate surface area is 120 Å². The molecule has 1 aliphatic heterocycles. The van der Waals surface area contributed by atoms with Crippen molar-refractivity contribution in [2.75, 3.05) is 19.6 Å². The first-order chi connectivity index (χ1) is 9.01. The predicted molar refractivity (Wildman–Crippen MR) is 83.5 cm³/mol. The highest BCUT2D eigenvalue weighted by atomic mass is 16.5. The zero-order chi connectivity index (χ0) is 14.3. The minimum absolute atomic E-state index is 0.440. The van der Waals surface area contributed by atoms with E-state index < -0.39 is 0 Å². The first-order valence-corrected chi connectivity index (χ1v) is 8.39. The fourth-order valence-corrected chi connectivity index (χ4v) is 2.86. The molecule has 2 atom stereocenters. The lowest BCUT2D eigenvalue weighted by molar-refractivity contribution is -0.0404. The average molecular weight is 269 g/mol. The molecule has 0 aromatic rings. The van der Waals surface area contributed by atoms with Gasteiger partial charge in [-0.2, -0.15) is 0 Å². The van der Waals surface area contributed by atoms with Gasteiger partial charge in [-0.05, 0) is 44.4 Å². The van der Waals surface area contributed by atoms with E-state index in [9.17, 15) is 0 Å². The molecule has 0 saturated carbocycles. The van der Waals surface area contributed by atoms with Crippen LogP contribution in [0, 0.1) is 11.8 Å². The van der Waals surface area contributed by atoms with Crippen LogP contribution in [-0.2, 0) is 4.74 Å². The van der Waals surface area contributed by atoms with E-state index in [0.29, 0.717) is 12.2 Å². The van der Waals surface area contributed by atoms with Gasteiger partial charge >= 0.3 is 0 Å².